The van der Waals surface area contributed by atoms with Gasteiger partial charge in [-0.3, -0.25) is 5.32 Å². The second-order valence-electron chi connectivity index (χ2n) is 2.36. The summed E-state index contributed by atoms with van der Waals surface area (Å²) in [6.07, 6.45) is 2.91. The van der Waals surface area contributed by atoms with Crippen molar-refractivity contribution in [2.45, 2.75) is 19.3 Å². The van der Waals surface area contributed by atoms with E-state index in [4.69, 9.17) is 17.5 Å². The van der Waals surface area contributed by atoms with Crippen LogP contribution < -0.4 is 5.32 Å². The summed E-state index contributed by atoms with van der Waals surface area (Å²) in [5, 5.41) is 10.5. The molecule has 2 nitrogen and oxygen atoms in total. The minimum Gasteiger partial charge on any atom is -0.278 e. The van der Waals surface area contributed by atoms with Gasteiger partial charge in [0.15, 0.2) is 6.19 Å². The van der Waals surface area contributed by atoms with Crippen LogP contribution in [-0.4, -0.2) is 10.1 Å². The number of thiocarbonyl (C=S) groups is 1. The molecule has 0 rings (SSSR count). The molecule has 0 aromatic carbocycles. The Labute approximate surface area is 91.4 Å². The third-order valence-corrected chi connectivity index (χ3v) is 2.60. The number of hydrogen-bond acceptors (Lipinski definition) is 3. The Morgan fingerprint density at radius 3 is 2.79 bits per heavy atom. The molecule has 0 aliphatic rings. The van der Waals surface area contributed by atoms with Crippen molar-refractivity contribution in [3.05, 3.63) is 12.2 Å². The molecule has 0 aliphatic heterocycles. The Morgan fingerprint density at radius 2 is 2.21 bits per heavy atom. The summed E-state index contributed by atoms with van der Waals surface area (Å²) in [6.45, 7) is 0. The molecule has 0 bridgehead atoms. The van der Waals surface area contributed by atoms with E-state index in [9.17, 15) is 8.78 Å². The first-order chi connectivity index (χ1) is 6.66. The molecule has 0 heterocycles. The number of hydrogen-bond donors (Lipinski definition) is 1. The van der Waals surface area contributed by atoms with Crippen molar-refractivity contribution in [2.24, 2.45) is 0 Å². The maximum absolute atomic E-state index is 11.6. The van der Waals surface area contributed by atoms with Gasteiger partial charge in [0, 0.05) is 5.75 Å². The van der Waals surface area contributed by atoms with Gasteiger partial charge in [0.05, 0.1) is 0 Å². The van der Waals surface area contributed by atoms with E-state index in [0.717, 1.165) is 18.2 Å². The number of nitrogens with zero attached hydrogens (tertiary/aromatic N) is 1. The highest BCUT2D eigenvalue weighted by Gasteiger charge is 1.95. The zero-order valence-corrected chi connectivity index (χ0v) is 9.06. The number of unbranched alkanes of at least 4 members (excludes halogenated alkanes) is 2. The largest absolute Gasteiger partial charge is 0.278 e. The molecule has 78 valence electrons. The van der Waals surface area contributed by atoms with Crippen molar-refractivity contribution in [1.82, 2.24) is 5.32 Å². The first-order valence-corrected chi connectivity index (χ1v) is 5.39. The Hall–Kier alpha value is -0.670. The van der Waals surface area contributed by atoms with Crippen molar-refractivity contribution in [3.63, 3.8) is 0 Å². The second kappa shape index (κ2) is 8.91. The lowest BCUT2D eigenvalue weighted by molar-refractivity contribution is 0.417. The van der Waals surface area contributed by atoms with Crippen LogP contribution in [0.5, 0.6) is 0 Å². The lowest BCUT2D eigenvalue weighted by atomic mass is 10.2. The fraction of sp³-hybridized carbons (Fsp3) is 0.500. The molecule has 0 unspecified atom stereocenters. The predicted octanol–water partition coefficient (Wildman–Crippen LogP) is 3.03. The average Bonchev–Trinajstić information content (AvgIpc) is 2.11. The van der Waals surface area contributed by atoms with E-state index in [-0.39, 0.29) is 0 Å². The van der Waals surface area contributed by atoms with E-state index in [2.05, 4.69) is 5.32 Å². The van der Waals surface area contributed by atoms with Gasteiger partial charge in [0.2, 0.25) is 0 Å². The zero-order valence-electron chi connectivity index (χ0n) is 7.43. The number of nitrogens with one attached hydrogen (secondary N) is 1. The second-order valence-corrected chi connectivity index (χ2v) is 4.13. The van der Waals surface area contributed by atoms with Crippen LogP contribution in [0, 0.1) is 11.5 Å². The average molecular weight is 236 g/mol. The van der Waals surface area contributed by atoms with Crippen LogP contribution in [0.1, 0.15) is 19.3 Å². The molecule has 0 aromatic heterocycles. The summed E-state index contributed by atoms with van der Waals surface area (Å²) in [6, 6.07) is 0. The van der Waals surface area contributed by atoms with Gasteiger partial charge >= 0.3 is 0 Å². The molecular formula is C8H10F2N2S2. The number of allylic oxidation sites excluding steroid dienone is 1. The monoisotopic (exact) mass is 236 g/mol. The lowest BCUT2D eigenvalue weighted by Crippen LogP contribution is -2.10. The van der Waals surface area contributed by atoms with Crippen LogP contribution in [0.15, 0.2) is 12.2 Å². The molecule has 1 N–H and O–H groups in total. The van der Waals surface area contributed by atoms with Crippen LogP contribution >= 0.6 is 24.0 Å². The molecule has 0 aliphatic carbocycles. The highest BCUT2D eigenvalue weighted by Crippen LogP contribution is 2.09. The molecule has 0 saturated carbocycles. The SMILES string of the molecule is N#CNC(=S)SCCCCC=C(F)F. The molecule has 0 amide bonds. The van der Waals surface area contributed by atoms with E-state index in [1.165, 1.54) is 11.8 Å². The number of halogens is 2. The Kier molecular flexibility index (Phi) is 8.48. The van der Waals surface area contributed by atoms with Crippen LogP contribution in [0.4, 0.5) is 8.78 Å². The van der Waals surface area contributed by atoms with Crippen LogP contribution in [-0.2, 0) is 0 Å². The smallest absolute Gasteiger partial charge is 0.266 e. The summed E-state index contributed by atoms with van der Waals surface area (Å²) in [5.41, 5.74) is 0. The third-order valence-electron chi connectivity index (χ3n) is 1.29. The summed E-state index contributed by atoms with van der Waals surface area (Å²) < 4.78 is 23.6. The van der Waals surface area contributed by atoms with Gasteiger partial charge in [0.25, 0.3) is 6.08 Å². The highest BCUT2D eigenvalue weighted by molar-refractivity contribution is 8.22. The van der Waals surface area contributed by atoms with E-state index in [1.807, 2.05) is 0 Å². The molecular weight excluding hydrogens is 226 g/mol. The van der Waals surface area contributed by atoms with Crippen molar-refractivity contribution < 1.29 is 8.78 Å². The topological polar surface area (TPSA) is 35.8 Å². The Morgan fingerprint density at radius 1 is 1.50 bits per heavy atom. The van der Waals surface area contributed by atoms with Crippen molar-refractivity contribution in [1.29, 1.82) is 5.26 Å². The van der Waals surface area contributed by atoms with Gasteiger partial charge in [-0.25, -0.2) is 0 Å². The minimum absolute atomic E-state index is 0.390. The summed E-state index contributed by atoms with van der Waals surface area (Å²) >= 11 is 6.12. The fourth-order valence-electron chi connectivity index (χ4n) is 0.704. The molecule has 14 heavy (non-hydrogen) atoms. The lowest BCUT2D eigenvalue weighted by Gasteiger charge is -1.99. The number of rotatable bonds is 5. The van der Waals surface area contributed by atoms with Gasteiger partial charge < -0.3 is 0 Å². The van der Waals surface area contributed by atoms with Crippen LogP contribution in [0.3, 0.4) is 0 Å². The molecule has 0 atom stereocenters. The van der Waals surface area contributed by atoms with Crippen molar-refractivity contribution in [2.75, 3.05) is 5.75 Å². The highest BCUT2D eigenvalue weighted by atomic mass is 32.2. The maximum Gasteiger partial charge on any atom is 0.266 e. The van der Waals surface area contributed by atoms with Gasteiger partial charge in [-0.2, -0.15) is 14.0 Å². The van der Waals surface area contributed by atoms with Crippen LogP contribution in [0.2, 0.25) is 0 Å². The van der Waals surface area contributed by atoms with E-state index in [0.29, 0.717) is 17.2 Å². The fourth-order valence-corrected chi connectivity index (χ4v) is 1.65. The Bertz CT molecular complexity index is 244. The number of thioether (sulfide) groups is 1. The van der Waals surface area contributed by atoms with Crippen LogP contribution in [0.25, 0.3) is 0 Å². The Balaban J connectivity index is 3.27. The van der Waals surface area contributed by atoms with Gasteiger partial charge in [0.1, 0.15) is 4.32 Å². The summed E-state index contributed by atoms with van der Waals surface area (Å²) in [5.74, 6) is 0.745. The first kappa shape index (κ1) is 13.3. The minimum atomic E-state index is -1.63. The molecule has 0 spiro atoms. The molecule has 6 heteroatoms. The first-order valence-electron chi connectivity index (χ1n) is 4.00. The van der Waals surface area contributed by atoms with E-state index < -0.39 is 6.08 Å². The number of nitriles is 1. The molecule has 0 aromatic rings. The standard InChI is InChI=1S/C8H10F2N2S2/c9-7(10)4-2-1-3-5-14-8(13)12-6-11/h4H,1-3,5H2,(H,12,13). The summed E-state index contributed by atoms with van der Waals surface area (Å²) in [4.78, 5) is 0. The third kappa shape index (κ3) is 9.42. The van der Waals surface area contributed by atoms with E-state index >= 15 is 0 Å². The molecule has 0 radical (unpaired) electrons. The quantitative estimate of drug-likeness (QED) is 0.344. The normalized spacial score (nSPS) is 8.93. The maximum atomic E-state index is 11.6. The van der Waals surface area contributed by atoms with Crippen molar-refractivity contribution >= 4 is 28.3 Å². The van der Waals surface area contributed by atoms with Gasteiger partial charge in [-0.15, -0.1) is 0 Å². The van der Waals surface area contributed by atoms with E-state index in [1.54, 1.807) is 6.19 Å². The van der Waals surface area contributed by atoms with Gasteiger partial charge in [-0.05, 0) is 25.3 Å². The zero-order chi connectivity index (χ0) is 10.8. The molecule has 0 fully saturated rings. The molecule has 0 saturated heterocycles. The van der Waals surface area contributed by atoms with Crippen molar-refractivity contribution in [3.8, 4) is 6.19 Å². The predicted molar refractivity (Wildman–Crippen MR) is 58.0 cm³/mol. The van der Waals surface area contributed by atoms with Gasteiger partial charge in [-0.1, -0.05) is 24.0 Å². The summed E-state index contributed by atoms with van der Waals surface area (Å²) in [7, 11) is 0.